The van der Waals surface area contributed by atoms with Crippen molar-refractivity contribution in [3.63, 3.8) is 0 Å². The van der Waals surface area contributed by atoms with Crippen LogP contribution in [-0.4, -0.2) is 15.9 Å². The zero-order valence-corrected chi connectivity index (χ0v) is 13.0. The number of hydrogen-bond acceptors (Lipinski definition) is 3. The van der Waals surface area contributed by atoms with Gasteiger partial charge in [-0.25, -0.2) is 9.66 Å². The first kappa shape index (κ1) is 14.6. The van der Waals surface area contributed by atoms with Gasteiger partial charge < -0.3 is 5.73 Å². The lowest BCUT2D eigenvalue weighted by atomic mass is 10.2. The van der Waals surface area contributed by atoms with Crippen molar-refractivity contribution in [2.24, 2.45) is 5.10 Å². The fourth-order valence-electron chi connectivity index (χ4n) is 1.98. The molecule has 0 aliphatic rings. The lowest BCUT2D eigenvalue weighted by molar-refractivity contribution is 0.898. The maximum atomic E-state index is 6.10. The SMILES string of the molecule is Nc1nc(-c2ccccc2)cn1N=Cc1c(Cl)cccc1Cl. The molecule has 2 N–H and O–H groups in total. The Balaban J connectivity index is 1.94. The third-order valence-corrected chi connectivity index (χ3v) is 3.75. The molecule has 3 rings (SSSR count). The first-order valence-electron chi connectivity index (χ1n) is 6.54. The zero-order chi connectivity index (χ0) is 15.5. The summed E-state index contributed by atoms with van der Waals surface area (Å²) < 4.78 is 1.49. The Kier molecular flexibility index (Phi) is 4.13. The van der Waals surface area contributed by atoms with E-state index in [2.05, 4.69) is 10.1 Å². The highest BCUT2D eigenvalue weighted by molar-refractivity contribution is 6.38. The standard InChI is InChI=1S/C16H12Cl2N4/c17-13-7-4-8-14(18)12(13)9-20-22-10-15(21-16(22)19)11-5-2-1-3-6-11/h1-10H,(H2,19,21). The van der Waals surface area contributed by atoms with E-state index in [1.165, 1.54) is 4.68 Å². The number of nitrogens with two attached hydrogens (primary N) is 1. The number of halogens is 2. The average Bonchev–Trinajstić information content (AvgIpc) is 2.89. The summed E-state index contributed by atoms with van der Waals surface area (Å²) in [4.78, 5) is 4.30. The van der Waals surface area contributed by atoms with Gasteiger partial charge in [-0.2, -0.15) is 5.10 Å². The molecule has 110 valence electrons. The van der Waals surface area contributed by atoms with Crippen molar-refractivity contribution in [2.45, 2.75) is 0 Å². The molecule has 0 radical (unpaired) electrons. The maximum absolute atomic E-state index is 6.10. The van der Waals surface area contributed by atoms with Crippen molar-refractivity contribution in [1.82, 2.24) is 9.66 Å². The van der Waals surface area contributed by atoms with E-state index in [-0.39, 0.29) is 0 Å². The molecule has 0 amide bonds. The molecule has 6 heteroatoms. The van der Waals surface area contributed by atoms with E-state index in [0.717, 1.165) is 11.3 Å². The minimum Gasteiger partial charge on any atom is -0.368 e. The minimum atomic E-state index is 0.290. The van der Waals surface area contributed by atoms with E-state index in [4.69, 9.17) is 28.9 Å². The van der Waals surface area contributed by atoms with Crippen molar-refractivity contribution in [3.8, 4) is 11.3 Å². The molecule has 22 heavy (non-hydrogen) atoms. The maximum Gasteiger partial charge on any atom is 0.221 e. The number of benzene rings is 2. The van der Waals surface area contributed by atoms with Gasteiger partial charge in [-0.05, 0) is 12.1 Å². The highest BCUT2D eigenvalue weighted by Crippen LogP contribution is 2.23. The third-order valence-electron chi connectivity index (χ3n) is 3.09. The summed E-state index contributed by atoms with van der Waals surface area (Å²) in [6.07, 6.45) is 3.32. The Bertz CT molecular complexity index is 805. The van der Waals surface area contributed by atoms with Crippen molar-refractivity contribution >= 4 is 35.4 Å². The van der Waals surface area contributed by atoms with Gasteiger partial charge in [0, 0.05) is 11.1 Å². The van der Waals surface area contributed by atoms with Crippen molar-refractivity contribution in [2.75, 3.05) is 5.73 Å². The van der Waals surface area contributed by atoms with E-state index in [1.807, 2.05) is 30.3 Å². The number of anilines is 1. The monoisotopic (exact) mass is 330 g/mol. The van der Waals surface area contributed by atoms with Crippen LogP contribution in [0.3, 0.4) is 0 Å². The second-order valence-corrected chi connectivity index (χ2v) is 5.39. The van der Waals surface area contributed by atoms with Crippen molar-refractivity contribution in [1.29, 1.82) is 0 Å². The molecule has 0 atom stereocenters. The van der Waals surface area contributed by atoms with Crippen LogP contribution in [0.2, 0.25) is 10.0 Å². The number of imidazole rings is 1. The summed E-state index contributed by atoms with van der Waals surface area (Å²) in [6.45, 7) is 0. The van der Waals surface area contributed by atoms with E-state index >= 15 is 0 Å². The zero-order valence-electron chi connectivity index (χ0n) is 11.4. The van der Waals surface area contributed by atoms with Gasteiger partial charge in [0.1, 0.15) is 0 Å². The van der Waals surface area contributed by atoms with Crippen molar-refractivity contribution in [3.05, 3.63) is 70.3 Å². The Morgan fingerprint density at radius 1 is 1.00 bits per heavy atom. The van der Waals surface area contributed by atoms with Crippen LogP contribution < -0.4 is 5.73 Å². The molecule has 3 aromatic rings. The normalized spacial score (nSPS) is 11.2. The molecule has 0 bridgehead atoms. The fraction of sp³-hybridized carbons (Fsp3) is 0. The Morgan fingerprint density at radius 3 is 2.36 bits per heavy atom. The summed E-state index contributed by atoms with van der Waals surface area (Å²) >= 11 is 12.2. The molecule has 0 saturated carbocycles. The molecular formula is C16H12Cl2N4. The minimum absolute atomic E-state index is 0.290. The third kappa shape index (κ3) is 2.98. The molecule has 0 fully saturated rings. The lowest BCUT2D eigenvalue weighted by Gasteiger charge is -2.00. The average molecular weight is 331 g/mol. The predicted octanol–water partition coefficient (Wildman–Crippen LogP) is 4.32. The second kappa shape index (κ2) is 6.22. The van der Waals surface area contributed by atoms with Crippen LogP contribution >= 0.6 is 23.2 Å². The van der Waals surface area contributed by atoms with Gasteiger partial charge in [-0.15, -0.1) is 0 Å². The molecule has 0 aliphatic carbocycles. The van der Waals surface area contributed by atoms with Crippen LogP contribution in [0.25, 0.3) is 11.3 Å². The van der Waals surface area contributed by atoms with Gasteiger partial charge in [0.05, 0.1) is 28.2 Å². The number of rotatable bonds is 3. The largest absolute Gasteiger partial charge is 0.368 e. The smallest absolute Gasteiger partial charge is 0.221 e. The number of nitrogen functional groups attached to an aromatic ring is 1. The van der Waals surface area contributed by atoms with Gasteiger partial charge in [-0.1, -0.05) is 59.6 Å². The van der Waals surface area contributed by atoms with Gasteiger partial charge >= 0.3 is 0 Å². The van der Waals surface area contributed by atoms with Crippen LogP contribution in [0.5, 0.6) is 0 Å². The fourth-order valence-corrected chi connectivity index (χ4v) is 2.47. The van der Waals surface area contributed by atoms with Crippen LogP contribution in [0.1, 0.15) is 5.56 Å². The van der Waals surface area contributed by atoms with Crippen LogP contribution in [0, 0.1) is 0 Å². The van der Waals surface area contributed by atoms with E-state index in [9.17, 15) is 0 Å². The topological polar surface area (TPSA) is 56.2 Å². The molecule has 0 unspecified atom stereocenters. The number of hydrogen-bond donors (Lipinski definition) is 1. The number of aromatic nitrogens is 2. The van der Waals surface area contributed by atoms with E-state index < -0.39 is 0 Å². The molecule has 4 nitrogen and oxygen atoms in total. The summed E-state index contributed by atoms with van der Waals surface area (Å²) in [5.74, 6) is 0.290. The summed E-state index contributed by atoms with van der Waals surface area (Å²) in [6, 6.07) is 15.0. The van der Waals surface area contributed by atoms with Crippen LogP contribution in [0.4, 0.5) is 5.95 Å². The molecular weight excluding hydrogens is 319 g/mol. The van der Waals surface area contributed by atoms with E-state index in [1.54, 1.807) is 30.6 Å². The summed E-state index contributed by atoms with van der Waals surface area (Å²) in [5, 5.41) is 5.33. The van der Waals surface area contributed by atoms with Crippen LogP contribution in [0.15, 0.2) is 59.8 Å². The quantitative estimate of drug-likeness (QED) is 0.727. The Morgan fingerprint density at radius 2 is 1.68 bits per heavy atom. The van der Waals surface area contributed by atoms with Crippen molar-refractivity contribution < 1.29 is 0 Å². The molecule has 2 aromatic carbocycles. The van der Waals surface area contributed by atoms with Gasteiger partial charge in [0.15, 0.2) is 0 Å². The highest BCUT2D eigenvalue weighted by Gasteiger charge is 2.07. The molecule has 0 saturated heterocycles. The van der Waals surface area contributed by atoms with Gasteiger partial charge in [0.25, 0.3) is 0 Å². The van der Waals surface area contributed by atoms with E-state index in [0.29, 0.717) is 21.6 Å². The molecule has 0 spiro atoms. The molecule has 1 heterocycles. The molecule has 1 aromatic heterocycles. The van der Waals surface area contributed by atoms with Crippen LogP contribution in [-0.2, 0) is 0 Å². The first-order valence-corrected chi connectivity index (χ1v) is 7.29. The van der Waals surface area contributed by atoms with Gasteiger partial charge in [0.2, 0.25) is 5.95 Å². The Labute approximate surface area is 137 Å². The predicted molar refractivity (Wildman–Crippen MR) is 91.5 cm³/mol. The van der Waals surface area contributed by atoms with Gasteiger partial charge in [-0.3, -0.25) is 0 Å². The number of nitrogens with zero attached hydrogens (tertiary/aromatic N) is 3. The molecule has 0 aliphatic heterocycles. The first-order chi connectivity index (χ1) is 10.6. The summed E-state index contributed by atoms with van der Waals surface area (Å²) in [5.41, 5.74) is 8.25. The second-order valence-electron chi connectivity index (χ2n) is 4.57. The Hall–Kier alpha value is -2.30. The lowest BCUT2D eigenvalue weighted by Crippen LogP contribution is -1.97. The summed E-state index contributed by atoms with van der Waals surface area (Å²) in [7, 11) is 0. The highest BCUT2D eigenvalue weighted by atomic mass is 35.5.